The number of anilines is 2. The molecule has 2 aliphatic rings. The highest BCUT2D eigenvalue weighted by Crippen LogP contribution is 2.25. The standard InChI is InChI=1S/C23H27N7O2/c31-20-13-12-19(27-30(20)18-10-4-1-5-11-18)32-23-25-21(28-14-6-2-7-15-28)24-22(26-23)29-16-8-3-9-17-29/h1,4-5,10-13H,2-3,6-9,14-17H2. The molecule has 4 heterocycles. The molecule has 2 saturated heterocycles. The minimum atomic E-state index is -0.234. The molecular formula is C23H27N7O2. The summed E-state index contributed by atoms with van der Waals surface area (Å²) in [6.07, 6.45) is 6.98. The summed E-state index contributed by atoms with van der Waals surface area (Å²) in [5, 5.41) is 4.38. The number of hydrogen-bond acceptors (Lipinski definition) is 8. The molecule has 0 aliphatic carbocycles. The van der Waals surface area contributed by atoms with Gasteiger partial charge in [0.25, 0.3) is 5.56 Å². The summed E-state index contributed by atoms with van der Waals surface area (Å²) in [5.74, 6) is 1.55. The third-order valence-electron chi connectivity index (χ3n) is 5.84. The molecule has 0 atom stereocenters. The number of ether oxygens (including phenoxy) is 1. The maximum atomic E-state index is 12.3. The maximum absolute atomic E-state index is 12.3. The smallest absolute Gasteiger partial charge is 0.330 e. The van der Waals surface area contributed by atoms with Crippen molar-refractivity contribution in [3.05, 3.63) is 52.8 Å². The first-order valence-electron chi connectivity index (χ1n) is 11.4. The van der Waals surface area contributed by atoms with Crippen molar-refractivity contribution in [2.75, 3.05) is 36.0 Å². The Labute approximate surface area is 186 Å². The molecule has 0 N–H and O–H groups in total. The van der Waals surface area contributed by atoms with E-state index in [9.17, 15) is 4.79 Å². The lowest BCUT2D eigenvalue weighted by atomic mass is 10.1. The molecule has 0 amide bonds. The SMILES string of the molecule is O=c1ccc(Oc2nc(N3CCCCC3)nc(N3CCCCC3)n2)nn1-c1ccccc1. The average molecular weight is 434 g/mol. The molecule has 2 aromatic heterocycles. The monoisotopic (exact) mass is 433 g/mol. The summed E-state index contributed by atoms with van der Waals surface area (Å²) < 4.78 is 7.29. The van der Waals surface area contributed by atoms with Crippen molar-refractivity contribution in [2.24, 2.45) is 0 Å². The highest BCUT2D eigenvalue weighted by atomic mass is 16.5. The van der Waals surface area contributed by atoms with Crippen molar-refractivity contribution in [1.82, 2.24) is 24.7 Å². The summed E-state index contributed by atoms with van der Waals surface area (Å²) >= 11 is 0. The molecule has 0 bridgehead atoms. The predicted molar refractivity (Wildman–Crippen MR) is 122 cm³/mol. The largest absolute Gasteiger partial charge is 0.403 e. The van der Waals surface area contributed by atoms with Gasteiger partial charge in [-0.3, -0.25) is 4.79 Å². The van der Waals surface area contributed by atoms with Crippen molar-refractivity contribution in [2.45, 2.75) is 38.5 Å². The molecule has 1 aromatic carbocycles. The fourth-order valence-electron chi connectivity index (χ4n) is 4.15. The second kappa shape index (κ2) is 9.33. The van der Waals surface area contributed by atoms with Gasteiger partial charge in [0.15, 0.2) is 0 Å². The van der Waals surface area contributed by atoms with Crippen LogP contribution in [0.15, 0.2) is 47.3 Å². The number of piperidine rings is 2. The molecule has 9 nitrogen and oxygen atoms in total. The molecule has 5 rings (SSSR count). The molecule has 0 unspecified atom stereocenters. The second-order valence-electron chi connectivity index (χ2n) is 8.17. The normalized spacial score (nSPS) is 16.8. The van der Waals surface area contributed by atoms with Gasteiger partial charge in [-0.1, -0.05) is 18.2 Å². The van der Waals surface area contributed by atoms with Crippen LogP contribution in [0.1, 0.15) is 38.5 Å². The van der Waals surface area contributed by atoms with E-state index in [0.717, 1.165) is 51.9 Å². The van der Waals surface area contributed by atoms with Crippen molar-refractivity contribution in [3.8, 4) is 17.6 Å². The van der Waals surface area contributed by atoms with Crippen LogP contribution in [0.5, 0.6) is 11.9 Å². The van der Waals surface area contributed by atoms with E-state index in [0.29, 0.717) is 17.6 Å². The Morgan fingerprint density at radius 2 is 1.28 bits per heavy atom. The van der Waals surface area contributed by atoms with E-state index in [2.05, 4.69) is 24.9 Å². The fraction of sp³-hybridized carbons (Fsp3) is 0.435. The first-order valence-corrected chi connectivity index (χ1v) is 11.4. The van der Waals surface area contributed by atoms with Gasteiger partial charge >= 0.3 is 6.01 Å². The number of rotatable bonds is 5. The Morgan fingerprint density at radius 3 is 1.88 bits per heavy atom. The minimum absolute atomic E-state index is 0.201. The van der Waals surface area contributed by atoms with E-state index in [1.54, 1.807) is 6.07 Å². The van der Waals surface area contributed by atoms with Crippen LogP contribution in [0.2, 0.25) is 0 Å². The molecule has 32 heavy (non-hydrogen) atoms. The molecule has 166 valence electrons. The molecule has 3 aromatic rings. The van der Waals surface area contributed by atoms with E-state index in [1.807, 2.05) is 30.3 Å². The van der Waals surface area contributed by atoms with Gasteiger partial charge in [-0.25, -0.2) is 0 Å². The summed E-state index contributed by atoms with van der Waals surface area (Å²) in [5.41, 5.74) is 0.434. The van der Waals surface area contributed by atoms with Gasteiger partial charge in [0.2, 0.25) is 17.8 Å². The van der Waals surface area contributed by atoms with Crippen molar-refractivity contribution in [1.29, 1.82) is 0 Å². The highest BCUT2D eigenvalue weighted by molar-refractivity contribution is 5.41. The molecule has 2 fully saturated rings. The van der Waals surface area contributed by atoms with Crippen LogP contribution in [-0.2, 0) is 0 Å². The summed E-state index contributed by atoms with van der Waals surface area (Å²) in [6.45, 7) is 3.72. The summed E-state index contributed by atoms with van der Waals surface area (Å²) in [4.78, 5) is 30.7. The van der Waals surface area contributed by atoms with Crippen molar-refractivity contribution in [3.63, 3.8) is 0 Å². The van der Waals surface area contributed by atoms with Crippen LogP contribution in [0, 0.1) is 0 Å². The summed E-state index contributed by atoms with van der Waals surface area (Å²) in [6, 6.07) is 12.4. The Hall–Kier alpha value is -3.49. The molecule has 9 heteroatoms. The minimum Gasteiger partial charge on any atom is -0.403 e. The van der Waals surface area contributed by atoms with Gasteiger partial charge in [-0.2, -0.15) is 19.6 Å². The van der Waals surface area contributed by atoms with Gasteiger partial charge in [0, 0.05) is 38.3 Å². The third-order valence-corrected chi connectivity index (χ3v) is 5.84. The first kappa shape index (κ1) is 20.4. The average Bonchev–Trinajstić information content (AvgIpc) is 2.87. The van der Waals surface area contributed by atoms with Gasteiger partial charge in [0.05, 0.1) is 5.69 Å². The third kappa shape index (κ3) is 4.56. The van der Waals surface area contributed by atoms with Crippen LogP contribution >= 0.6 is 0 Å². The van der Waals surface area contributed by atoms with E-state index in [-0.39, 0.29) is 17.4 Å². The zero-order valence-corrected chi connectivity index (χ0v) is 18.1. The number of hydrogen-bond donors (Lipinski definition) is 0. The zero-order chi connectivity index (χ0) is 21.8. The highest BCUT2D eigenvalue weighted by Gasteiger charge is 2.21. The van der Waals surface area contributed by atoms with Crippen molar-refractivity contribution < 1.29 is 4.74 Å². The van der Waals surface area contributed by atoms with Gasteiger partial charge in [-0.05, 0) is 50.7 Å². The van der Waals surface area contributed by atoms with Gasteiger partial charge in [-0.15, -0.1) is 5.10 Å². The van der Waals surface area contributed by atoms with Crippen LogP contribution in [0.25, 0.3) is 5.69 Å². The molecule has 0 radical (unpaired) electrons. The topological polar surface area (TPSA) is 89.3 Å². The van der Waals surface area contributed by atoms with E-state index in [4.69, 9.17) is 9.72 Å². The molecule has 0 spiro atoms. The van der Waals surface area contributed by atoms with Crippen LogP contribution < -0.4 is 20.1 Å². The fourth-order valence-corrected chi connectivity index (χ4v) is 4.15. The quantitative estimate of drug-likeness (QED) is 0.606. The number of aromatic nitrogens is 5. The lowest BCUT2D eigenvalue weighted by Gasteiger charge is -2.30. The number of para-hydroxylation sites is 1. The van der Waals surface area contributed by atoms with E-state index < -0.39 is 0 Å². The Kier molecular flexibility index (Phi) is 5.96. The Bertz CT molecular complexity index is 1070. The van der Waals surface area contributed by atoms with Gasteiger partial charge < -0.3 is 14.5 Å². The second-order valence-corrected chi connectivity index (χ2v) is 8.17. The van der Waals surface area contributed by atoms with Crippen molar-refractivity contribution >= 4 is 11.9 Å². The Morgan fingerprint density at radius 1 is 0.688 bits per heavy atom. The zero-order valence-electron chi connectivity index (χ0n) is 18.1. The molecular weight excluding hydrogens is 406 g/mol. The number of nitrogens with zero attached hydrogens (tertiary/aromatic N) is 7. The number of benzene rings is 1. The lowest BCUT2D eigenvalue weighted by Crippen LogP contribution is -2.34. The summed E-state index contributed by atoms with van der Waals surface area (Å²) in [7, 11) is 0. The maximum Gasteiger partial charge on any atom is 0.330 e. The van der Waals surface area contributed by atoms with Crippen LogP contribution in [0.4, 0.5) is 11.9 Å². The molecule has 2 aliphatic heterocycles. The Balaban J connectivity index is 1.47. The van der Waals surface area contributed by atoms with E-state index >= 15 is 0 Å². The van der Waals surface area contributed by atoms with Crippen LogP contribution in [0.3, 0.4) is 0 Å². The van der Waals surface area contributed by atoms with Gasteiger partial charge in [0.1, 0.15) is 0 Å². The molecule has 0 saturated carbocycles. The van der Waals surface area contributed by atoms with E-state index in [1.165, 1.54) is 23.6 Å². The first-order chi connectivity index (χ1) is 15.8. The lowest BCUT2D eigenvalue weighted by molar-refractivity contribution is 0.408. The predicted octanol–water partition coefficient (Wildman–Crippen LogP) is 3.19. The van der Waals surface area contributed by atoms with Crippen LogP contribution in [-0.4, -0.2) is 50.9 Å².